The van der Waals surface area contributed by atoms with Crippen molar-refractivity contribution in [1.29, 1.82) is 0 Å². The number of hydrogen-bond donors (Lipinski definition) is 1. The molecule has 186 valence electrons. The zero-order valence-electron chi connectivity index (χ0n) is 19.9. The van der Waals surface area contributed by atoms with Crippen molar-refractivity contribution in [2.75, 3.05) is 53.6 Å². The van der Waals surface area contributed by atoms with E-state index in [1.54, 1.807) is 30.3 Å². The summed E-state index contributed by atoms with van der Waals surface area (Å²) in [4.78, 5) is 30.3. The molecule has 1 fully saturated rings. The van der Waals surface area contributed by atoms with Crippen molar-refractivity contribution in [3.05, 3.63) is 65.3 Å². The Morgan fingerprint density at radius 2 is 1.97 bits per heavy atom. The fraction of sp³-hybridized carbons (Fsp3) is 0.385. The fourth-order valence-electron chi connectivity index (χ4n) is 4.44. The molecular weight excluding hydrogens is 452 g/mol. The maximum Gasteiger partial charge on any atom is 0.290 e. The Morgan fingerprint density at radius 3 is 2.66 bits per heavy atom. The van der Waals surface area contributed by atoms with E-state index in [1.807, 2.05) is 0 Å². The molecule has 0 saturated carbocycles. The highest BCUT2D eigenvalue weighted by Gasteiger charge is 2.44. The van der Waals surface area contributed by atoms with Gasteiger partial charge >= 0.3 is 0 Å². The molecule has 1 aromatic heterocycles. The van der Waals surface area contributed by atoms with Crippen molar-refractivity contribution in [2.24, 2.45) is 0 Å². The molecule has 1 atom stereocenters. The summed E-state index contributed by atoms with van der Waals surface area (Å²) in [6.45, 7) is 4.18. The van der Waals surface area contributed by atoms with Gasteiger partial charge in [-0.2, -0.15) is 0 Å². The van der Waals surface area contributed by atoms with Gasteiger partial charge in [0.15, 0.2) is 11.5 Å². The van der Waals surface area contributed by atoms with Crippen LogP contribution in [0.3, 0.4) is 0 Å². The predicted molar refractivity (Wildman–Crippen MR) is 128 cm³/mol. The lowest BCUT2D eigenvalue weighted by atomic mass is 9.94. The summed E-state index contributed by atoms with van der Waals surface area (Å²) in [5.41, 5.74) is 0.557. The van der Waals surface area contributed by atoms with E-state index in [0.717, 1.165) is 19.6 Å². The number of aliphatic hydroxyl groups excluding tert-OH is 1. The molecule has 35 heavy (non-hydrogen) atoms. The molecule has 0 spiro atoms. The van der Waals surface area contributed by atoms with Gasteiger partial charge in [0.05, 0.1) is 45.3 Å². The Morgan fingerprint density at radius 1 is 1.17 bits per heavy atom. The molecule has 1 amide bonds. The first-order valence-corrected chi connectivity index (χ1v) is 11.6. The molecule has 2 aliphatic heterocycles. The Balaban J connectivity index is 1.65. The Kier molecular flexibility index (Phi) is 7.89. The molecule has 0 aliphatic carbocycles. The summed E-state index contributed by atoms with van der Waals surface area (Å²) in [6, 6.07) is 7.78. The van der Waals surface area contributed by atoms with Gasteiger partial charge in [0, 0.05) is 31.7 Å². The van der Waals surface area contributed by atoms with Crippen molar-refractivity contribution in [2.45, 2.75) is 12.5 Å². The Labute approximate surface area is 204 Å². The van der Waals surface area contributed by atoms with Crippen molar-refractivity contribution >= 4 is 17.8 Å². The zero-order valence-corrected chi connectivity index (χ0v) is 19.9. The van der Waals surface area contributed by atoms with Crippen molar-refractivity contribution < 1.29 is 33.3 Å². The first-order valence-electron chi connectivity index (χ1n) is 11.6. The highest BCUT2D eigenvalue weighted by atomic mass is 16.5. The standard InChI is InChI=1S/C26H30N2O7/c1-32-19-7-9-22(33-2)20(17-19)24-23(21(29)8-6-18-5-3-14-35-18)25(30)26(31)28(24)11-4-10-27-12-15-34-16-13-27/h3,5-9,14,17,24,30H,4,10-13,15-16H2,1-2H3. The molecule has 1 saturated heterocycles. The molecule has 1 unspecified atom stereocenters. The van der Waals surface area contributed by atoms with Gasteiger partial charge in [-0.25, -0.2) is 0 Å². The number of methoxy groups -OCH3 is 2. The number of morpholine rings is 1. The molecule has 9 heteroatoms. The summed E-state index contributed by atoms with van der Waals surface area (Å²) in [6.07, 6.45) is 4.98. The SMILES string of the molecule is COc1ccc(OC)c(C2C(C(=O)C=Cc3ccco3)=C(O)C(=O)N2CCCN2CCOCC2)c1. The van der Waals surface area contributed by atoms with Crippen LogP contribution in [0.4, 0.5) is 0 Å². The van der Waals surface area contributed by atoms with Crippen LogP contribution in [0.2, 0.25) is 0 Å². The van der Waals surface area contributed by atoms with Crippen molar-refractivity contribution in [1.82, 2.24) is 9.80 Å². The topological polar surface area (TPSA) is 102 Å². The minimum absolute atomic E-state index is 0.00395. The number of allylic oxidation sites excluding steroid dienone is 1. The highest BCUT2D eigenvalue weighted by Crippen LogP contribution is 2.43. The van der Waals surface area contributed by atoms with Gasteiger partial charge in [-0.05, 0) is 48.9 Å². The van der Waals surface area contributed by atoms with Crippen LogP contribution in [0.5, 0.6) is 11.5 Å². The monoisotopic (exact) mass is 482 g/mol. The number of hydrogen-bond acceptors (Lipinski definition) is 8. The first kappa shape index (κ1) is 24.6. The minimum atomic E-state index is -0.828. The summed E-state index contributed by atoms with van der Waals surface area (Å²) in [5, 5.41) is 10.8. The molecule has 0 bridgehead atoms. The molecular formula is C26H30N2O7. The minimum Gasteiger partial charge on any atom is -0.503 e. The highest BCUT2D eigenvalue weighted by molar-refractivity contribution is 6.14. The summed E-state index contributed by atoms with van der Waals surface area (Å²) in [5.74, 6) is -0.113. The van der Waals surface area contributed by atoms with Crippen LogP contribution >= 0.6 is 0 Å². The van der Waals surface area contributed by atoms with E-state index in [1.165, 1.54) is 37.5 Å². The van der Waals surface area contributed by atoms with Crippen LogP contribution in [0, 0.1) is 0 Å². The van der Waals surface area contributed by atoms with Crippen LogP contribution < -0.4 is 9.47 Å². The number of nitrogens with zero attached hydrogens (tertiary/aromatic N) is 2. The molecule has 2 aromatic rings. The van der Waals surface area contributed by atoms with Gasteiger partial charge in [0.1, 0.15) is 17.3 Å². The maximum absolute atomic E-state index is 13.3. The van der Waals surface area contributed by atoms with E-state index >= 15 is 0 Å². The van der Waals surface area contributed by atoms with Gasteiger partial charge < -0.3 is 28.6 Å². The summed E-state index contributed by atoms with van der Waals surface area (Å²) >= 11 is 0. The molecule has 1 aromatic carbocycles. The van der Waals surface area contributed by atoms with Gasteiger partial charge in [-0.1, -0.05) is 0 Å². The molecule has 1 N–H and O–H groups in total. The third-order valence-corrected chi connectivity index (χ3v) is 6.22. The lowest BCUT2D eigenvalue weighted by Gasteiger charge is -2.30. The summed E-state index contributed by atoms with van der Waals surface area (Å²) < 4.78 is 21.6. The second-order valence-electron chi connectivity index (χ2n) is 8.29. The normalized spacial score (nSPS) is 19.1. The first-order chi connectivity index (χ1) is 17.0. The van der Waals surface area contributed by atoms with Crippen molar-refractivity contribution in [3.8, 4) is 11.5 Å². The average Bonchev–Trinajstić information content (AvgIpc) is 3.50. The number of amides is 1. The quantitative estimate of drug-likeness (QED) is 0.516. The van der Waals surface area contributed by atoms with E-state index in [-0.39, 0.29) is 5.57 Å². The van der Waals surface area contributed by atoms with E-state index in [0.29, 0.717) is 49.0 Å². The number of carbonyl (C=O) groups excluding carboxylic acids is 2. The van der Waals surface area contributed by atoms with Gasteiger partial charge in [-0.15, -0.1) is 0 Å². The van der Waals surface area contributed by atoms with Gasteiger partial charge in [0.25, 0.3) is 5.91 Å². The number of aliphatic hydroxyl groups is 1. The van der Waals surface area contributed by atoms with Gasteiger partial charge in [-0.3, -0.25) is 14.5 Å². The number of carbonyl (C=O) groups is 2. The van der Waals surface area contributed by atoms with E-state index in [2.05, 4.69) is 4.90 Å². The maximum atomic E-state index is 13.3. The second kappa shape index (κ2) is 11.2. The van der Waals surface area contributed by atoms with Gasteiger partial charge in [0.2, 0.25) is 0 Å². The smallest absolute Gasteiger partial charge is 0.290 e. The van der Waals surface area contributed by atoms with E-state index in [9.17, 15) is 14.7 Å². The number of rotatable bonds is 10. The lowest BCUT2D eigenvalue weighted by Crippen LogP contribution is -2.39. The van der Waals surface area contributed by atoms with Crippen LogP contribution in [-0.4, -0.2) is 80.2 Å². The molecule has 0 radical (unpaired) electrons. The van der Waals surface area contributed by atoms with Crippen LogP contribution in [-0.2, 0) is 14.3 Å². The van der Waals surface area contributed by atoms with Crippen molar-refractivity contribution in [3.63, 3.8) is 0 Å². The summed E-state index contributed by atoms with van der Waals surface area (Å²) in [7, 11) is 3.06. The number of furan rings is 1. The third-order valence-electron chi connectivity index (χ3n) is 6.22. The largest absolute Gasteiger partial charge is 0.503 e. The molecule has 2 aliphatic rings. The van der Waals surface area contributed by atoms with Crippen LogP contribution in [0.1, 0.15) is 23.8 Å². The number of ether oxygens (including phenoxy) is 3. The van der Waals surface area contributed by atoms with E-state index in [4.69, 9.17) is 18.6 Å². The lowest BCUT2D eigenvalue weighted by molar-refractivity contribution is -0.129. The Bertz CT molecular complexity index is 1100. The molecule has 3 heterocycles. The fourth-order valence-corrected chi connectivity index (χ4v) is 4.44. The van der Waals surface area contributed by atoms with E-state index < -0.39 is 23.5 Å². The van der Waals surface area contributed by atoms with Crippen LogP contribution in [0.15, 0.2) is 58.4 Å². The molecule has 4 rings (SSSR count). The predicted octanol–water partition coefficient (Wildman–Crippen LogP) is 3.00. The zero-order chi connectivity index (χ0) is 24.8. The second-order valence-corrected chi connectivity index (χ2v) is 8.29. The van der Waals surface area contributed by atoms with Crippen LogP contribution in [0.25, 0.3) is 6.08 Å². The number of benzene rings is 1. The average molecular weight is 483 g/mol. The third kappa shape index (κ3) is 5.41. The molecule has 9 nitrogen and oxygen atoms in total. The number of ketones is 1. The Hall–Kier alpha value is -3.56.